The molecule has 0 saturated heterocycles. The van der Waals surface area contributed by atoms with E-state index in [9.17, 15) is 0 Å². The van der Waals surface area contributed by atoms with Gasteiger partial charge in [-0.1, -0.05) is 146 Å². The summed E-state index contributed by atoms with van der Waals surface area (Å²) in [6, 6.07) is 80.6. The van der Waals surface area contributed by atoms with E-state index in [4.69, 9.17) is 0 Å². The van der Waals surface area contributed by atoms with Gasteiger partial charge in [-0.15, -0.1) is 11.3 Å². The topological polar surface area (TPSA) is 9.86 Å². The summed E-state index contributed by atoms with van der Waals surface area (Å²) in [7, 11) is 0. The molecule has 0 unspecified atom stereocenters. The molecule has 3 heteroatoms. The van der Waals surface area contributed by atoms with Gasteiger partial charge in [-0.3, -0.25) is 0 Å². The third-order valence-electron chi connectivity index (χ3n) is 12.7. The third kappa shape index (κ3) is 5.28. The van der Waals surface area contributed by atoms with E-state index in [-0.39, 0.29) is 0 Å². The Morgan fingerprint density at radius 2 is 0.869 bits per heavy atom. The number of nitrogens with zero attached hydrogens (tertiary/aromatic N) is 2. The molecule has 0 bridgehead atoms. The molecule has 0 fully saturated rings. The molecule has 0 atom stereocenters. The number of benzene rings is 10. The van der Waals surface area contributed by atoms with Crippen LogP contribution in [0, 0.1) is 0 Å². The van der Waals surface area contributed by atoms with Gasteiger partial charge >= 0.3 is 0 Å². The van der Waals surface area contributed by atoms with Crippen molar-refractivity contribution < 1.29 is 0 Å². The normalized spacial score (nSPS) is 11.9. The van der Waals surface area contributed by atoms with Crippen molar-refractivity contribution in [3.05, 3.63) is 218 Å². The van der Waals surface area contributed by atoms with Crippen molar-refractivity contribution in [3.63, 3.8) is 0 Å². The van der Waals surface area contributed by atoms with Crippen LogP contribution in [0.2, 0.25) is 0 Å². The molecule has 3 aromatic heterocycles. The van der Waals surface area contributed by atoms with E-state index in [1.165, 1.54) is 114 Å². The van der Waals surface area contributed by atoms with Gasteiger partial charge < -0.3 is 9.13 Å². The summed E-state index contributed by atoms with van der Waals surface area (Å²) in [5, 5.41) is 10.1. The fraction of sp³-hybridized carbons (Fsp3) is 0. The first kappa shape index (κ1) is 34.2. The highest BCUT2D eigenvalue weighted by Crippen LogP contribution is 2.43. The number of hydrogen-bond donors (Lipinski definition) is 0. The van der Waals surface area contributed by atoms with Crippen molar-refractivity contribution in [2.75, 3.05) is 0 Å². The Balaban J connectivity index is 1.06. The minimum Gasteiger partial charge on any atom is -0.309 e. The summed E-state index contributed by atoms with van der Waals surface area (Å²) in [4.78, 5) is 0. The van der Waals surface area contributed by atoms with Crippen molar-refractivity contribution in [1.29, 1.82) is 0 Å². The second-order valence-corrected chi connectivity index (χ2v) is 17.1. The Labute approximate surface area is 356 Å². The van der Waals surface area contributed by atoms with Crippen molar-refractivity contribution in [3.8, 4) is 44.8 Å². The van der Waals surface area contributed by atoms with Crippen LogP contribution in [0.4, 0.5) is 0 Å². The standard InChI is InChI=1S/C58H36N2S/c1-2-16-43(17-3-1)59-52-24-9-7-20-47(52)51-35-38(29-31-54(51)59)40-32-41(34-42(33-40)45-22-12-15-37-14-4-5-18-44(37)45)39-28-30-48-46-19-6-10-25-53(46)60(56(48)36-39)55-26-13-23-50-49-21-8-11-27-57(49)61-58(50)55/h1-36H. The van der Waals surface area contributed by atoms with Gasteiger partial charge in [-0.2, -0.15) is 0 Å². The van der Waals surface area contributed by atoms with Crippen LogP contribution in [-0.4, -0.2) is 9.13 Å². The van der Waals surface area contributed by atoms with Crippen molar-refractivity contribution in [2.45, 2.75) is 0 Å². The SMILES string of the molecule is c1ccc(-n2c3ccccc3c3cc(-c4cc(-c5ccc6c7ccccc7n(-c7cccc8c7sc7ccccc78)c6c5)cc(-c5cccc6ccccc56)c4)ccc32)cc1. The fourth-order valence-corrected chi connectivity index (χ4v) is 11.1. The monoisotopic (exact) mass is 792 g/mol. The molecule has 284 valence electrons. The van der Waals surface area contributed by atoms with Gasteiger partial charge in [-0.25, -0.2) is 0 Å². The molecule has 3 heterocycles. The summed E-state index contributed by atoms with van der Waals surface area (Å²) in [6.07, 6.45) is 0. The molecular weight excluding hydrogens is 757 g/mol. The van der Waals surface area contributed by atoms with Crippen molar-refractivity contribution in [1.82, 2.24) is 9.13 Å². The largest absolute Gasteiger partial charge is 0.309 e. The Bertz CT molecular complexity index is 3880. The molecule has 0 radical (unpaired) electrons. The van der Waals surface area contributed by atoms with Gasteiger partial charge in [-0.05, 0) is 117 Å². The van der Waals surface area contributed by atoms with E-state index in [2.05, 4.69) is 228 Å². The molecule has 2 nitrogen and oxygen atoms in total. The van der Waals surface area contributed by atoms with E-state index in [1.54, 1.807) is 0 Å². The summed E-state index contributed by atoms with van der Waals surface area (Å²) in [6.45, 7) is 0. The lowest BCUT2D eigenvalue weighted by Gasteiger charge is -2.14. The molecule has 13 aromatic rings. The lowest BCUT2D eigenvalue weighted by molar-refractivity contribution is 1.18. The zero-order chi connectivity index (χ0) is 40.0. The number of para-hydroxylation sites is 3. The van der Waals surface area contributed by atoms with E-state index in [0.29, 0.717) is 0 Å². The third-order valence-corrected chi connectivity index (χ3v) is 13.9. The molecule has 10 aromatic carbocycles. The summed E-state index contributed by atoms with van der Waals surface area (Å²) < 4.78 is 7.51. The summed E-state index contributed by atoms with van der Waals surface area (Å²) >= 11 is 1.88. The second kappa shape index (κ2) is 13.4. The van der Waals surface area contributed by atoms with Gasteiger partial charge in [0.2, 0.25) is 0 Å². The Morgan fingerprint density at radius 1 is 0.295 bits per heavy atom. The predicted octanol–water partition coefficient (Wildman–Crippen LogP) is 16.4. The first-order chi connectivity index (χ1) is 30.2. The van der Waals surface area contributed by atoms with E-state index in [1.807, 2.05) is 11.3 Å². The van der Waals surface area contributed by atoms with Gasteiger partial charge in [0.15, 0.2) is 0 Å². The maximum Gasteiger partial charge on any atom is 0.0640 e. The van der Waals surface area contributed by atoms with Gasteiger partial charge in [0.05, 0.1) is 32.5 Å². The second-order valence-electron chi connectivity index (χ2n) is 16.1. The smallest absolute Gasteiger partial charge is 0.0640 e. The average molecular weight is 793 g/mol. The highest BCUT2D eigenvalue weighted by atomic mass is 32.1. The molecule has 0 aliphatic rings. The summed E-state index contributed by atoms with van der Waals surface area (Å²) in [5.41, 5.74) is 14.4. The van der Waals surface area contributed by atoms with Crippen LogP contribution in [0.3, 0.4) is 0 Å². The molecule has 0 aliphatic heterocycles. The fourth-order valence-electron chi connectivity index (χ4n) is 9.92. The lowest BCUT2D eigenvalue weighted by Crippen LogP contribution is -1.94. The van der Waals surface area contributed by atoms with Crippen LogP contribution in [-0.2, 0) is 0 Å². The van der Waals surface area contributed by atoms with Crippen molar-refractivity contribution >= 4 is 85.9 Å². The number of hydrogen-bond acceptors (Lipinski definition) is 1. The van der Waals surface area contributed by atoms with Crippen LogP contribution >= 0.6 is 11.3 Å². The van der Waals surface area contributed by atoms with E-state index >= 15 is 0 Å². The maximum atomic E-state index is 2.50. The number of aromatic nitrogens is 2. The van der Waals surface area contributed by atoms with Crippen LogP contribution < -0.4 is 0 Å². The van der Waals surface area contributed by atoms with Crippen LogP contribution in [0.1, 0.15) is 0 Å². The average Bonchev–Trinajstić information content (AvgIpc) is 3.99. The Hall–Kier alpha value is -7.72. The molecule has 0 amide bonds. The van der Waals surface area contributed by atoms with Gasteiger partial charge in [0, 0.05) is 42.7 Å². The molecule has 0 spiro atoms. The van der Waals surface area contributed by atoms with Crippen LogP contribution in [0.5, 0.6) is 0 Å². The van der Waals surface area contributed by atoms with Crippen LogP contribution in [0.15, 0.2) is 218 Å². The Morgan fingerprint density at radius 3 is 1.70 bits per heavy atom. The highest BCUT2D eigenvalue weighted by Gasteiger charge is 2.19. The first-order valence-electron chi connectivity index (χ1n) is 20.9. The first-order valence-corrected chi connectivity index (χ1v) is 21.7. The molecule has 13 rings (SSSR count). The molecule has 0 aliphatic carbocycles. The van der Waals surface area contributed by atoms with Crippen LogP contribution in [0.25, 0.3) is 119 Å². The van der Waals surface area contributed by atoms with Gasteiger partial charge in [0.1, 0.15) is 0 Å². The molecule has 61 heavy (non-hydrogen) atoms. The molecular formula is C58H36N2S. The van der Waals surface area contributed by atoms with Crippen molar-refractivity contribution in [2.24, 2.45) is 0 Å². The number of fused-ring (bicyclic) bond motifs is 10. The van der Waals surface area contributed by atoms with E-state index in [0.717, 1.165) is 5.69 Å². The summed E-state index contributed by atoms with van der Waals surface area (Å²) in [5.74, 6) is 0. The molecule has 0 N–H and O–H groups in total. The highest BCUT2D eigenvalue weighted by molar-refractivity contribution is 7.26. The zero-order valence-corrected chi connectivity index (χ0v) is 33.9. The van der Waals surface area contributed by atoms with E-state index < -0.39 is 0 Å². The number of thiophene rings is 1. The maximum absolute atomic E-state index is 2.50. The minimum absolute atomic E-state index is 1.16. The number of rotatable bonds is 5. The quantitative estimate of drug-likeness (QED) is 0.164. The minimum atomic E-state index is 1.16. The lowest BCUT2D eigenvalue weighted by atomic mass is 9.90. The van der Waals surface area contributed by atoms with Gasteiger partial charge in [0.25, 0.3) is 0 Å². The molecule has 0 saturated carbocycles. The zero-order valence-electron chi connectivity index (χ0n) is 33.1. The predicted molar refractivity (Wildman–Crippen MR) is 262 cm³/mol. The Kier molecular flexibility index (Phi) is 7.51.